The Hall–Kier alpha value is -2.15. The van der Waals surface area contributed by atoms with E-state index in [1.165, 1.54) is 122 Å². The summed E-state index contributed by atoms with van der Waals surface area (Å²) in [5.41, 5.74) is 5.47. The van der Waals surface area contributed by atoms with Crippen LogP contribution in [0, 0.1) is 0 Å². The minimum absolute atomic E-state index is 0.0917. The number of nitrogens with one attached hydrogen (secondary N) is 1. The molecule has 0 heterocycles. The third-order valence-corrected chi connectivity index (χ3v) is 9.47. The lowest BCUT2D eigenvalue weighted by Crippen LogP contribution is -2.40. The number of aliphatic carboxylic acids is 1. The van der Waals surface area contributed by atoms with Gasteiger partial charge in [-0.2, -0.15) is 0 Å². The van der Waals surface area contributed by atoms with Crippen molar-refractivity contribution in [1.82, 2.24) is 5.32 Å². The second-order valence-corrected chi connectivity index (χ2v) is 14.4. The van der Waals surface area contributed by atoms with Crippen LogP contribution in [0.3, 0.4) is 0 Å². The standard InChI is InChI=1S/C43H80N2O5/c1-3-5-7-9-11-12-13-14-15-16-17-18-19-20-21-22-23-25-31-37-42(47)50-39(33-28-24-10-8-6-4-2)34-29-26-27-30-36-41(46)45-40(43(48)49)35-32-38-44/h14-15,28,33,39-40H,3-13,16-27,29-32,34-38,44H2,1-2H3,(H,45,46)(H,48,49)/b15-14-,33-28-. The summed E-state index contributed by atoms with van der Waals surface area (Å²) in [6, 6.07) is -0.868. The molecule has 2 unspecified atom stereocenters. The fourth-order valence-electron chi connectivity index (χ4n) is 6.24. The van der Waals surface area contributed by atoms with Gasteiger partial charge in [0.05, 0.1) is 0 Å². The zero-order valence-corrected chi connectivity index (χ0v) is 32.7. The molecule has 7 nitrogen and oxygen atoms in total. The third kappa shape index (κ3) is 34.3. The zero-order chi connectivity index (χ0) is 36.8. The quantitative estimate of drug-likeness (QED) is 0.0334. The highest BCUT2D eigenvalue weighted by Gasteiger charge is 2.19. The molecule has 292 valence electrons. The van der Waals surface area contributed by atoms with Crippen LogP contribution in [0.4, 0.5) is 0 Å². The third-order valence-electron chi connectivity index (χ3n) is 9.47. The lowest BCUT2D eigenvalue weighted by molar-refractivity contribution is -0.147. The number of carboxylic acid groups (broad SMARTS) is 1. The van der Waals surface area contributed by atoms with Gasteiger partial charge in [0.1, 0.15) is 12.1 Å². The predicted octanol–water partition coefficient (Wildman–Crippen LogP) is 11.7. The number of esters is 1. The highest BCUT2D eigenvalue weighted by atomic mass is 16.5. The molecular formula is C43H80N2O5. The number of nitrogens with two attached hydrogens (primary N) is 1. The Balaban J connectivity index is 4.09. The van der Waals surface area contributed by atoms with E-state index >= 15 is 0 Å². The van der Waals surface area contributed by atoms with E-state index in [0.29, 0.717) is 38.6 Å². The molecule has 50 heavy (non-hydrogen) atoms. The lowest BCUT2D eigenvalue weighted by Gasteiger charge is -2.15. The Morgan fingerprint density at radius 3 is 1.58 bits per heavy atom. The Morgan fingerprint density at radius 2 is 1.04 bits per heavy atom. The molecule has 0 aliphatic rings. The number of unbranched alkanes of at least 4 members (excludes halogenated alkanes) is 22. The van der Waals surface area contributed by atoms with Crippen LogP contribution in [0.15, 0.2) is 24.3 Å². The van der Waals surface area contributed by atoms with Crippen LogP contribution in [-0.2, 0) is 19.1 Å². The van der Waals surface area contributed by atoms with Gasteiger partial charge in [-0.15, -0.1) is 0 Å². The van der Waals surface area contributed by atoms with Crippen molar-refractivity contribution in [2.75, 3.05) is 6.54 Å². The summed E-state index contributed by atoms with van der Waals surface area (Å²) in [4.78, 5) is 36.2. The van der Waals surface area contributed by atoms with Crippen molar-refractivity contribution >= 4 is 17.8 Å². The molecule has 0 aromatic carbocycles. The first-order chi connectivity index (χ1) is 24.4. The lowest BCUT2D eigenvalue weighted by atomic mass is 10.0. The number of carbonyl (C=O) groups excluding carboxylic acids is 2. The summed E-state index contributed by atoms with van der Waals surface area (Å²) < 4.78 is 5.90. The van der Waals surface area contributed by atoms with Crippen LogP contribution in [0.5, 0.6) is 0 Å². The number of allylic oxidation sites excluding steroid dienone is 3. The summed E-state index contributed by atoms with van der Waals surface area (Å²) in [5.74, 6) is -1.33. The molecule has 1 amide bonds. The average molecular weight is 705 g/mol. The smallest absolute Gasteiger partial charge is 0.326 e. The van der Waals surface area contributed by atoms with Gasteiger partial charge in [-0.1, -0.05) is 141 Å². The molecule has 0 radical (unpaired) electrons. The minimum atomic E-state index is -1.01. The molecule has 2 atom stereocenters. The average Bonchev–Trinajstić information content (AvgIpc) is 3.10. The summed E-state index contributed by atoms with van der Waals surface area (Å²) in [7, 11) is 0. The highest BCUT2D eigenvalue weighted by Crippen LogP contribution is 2.16. The number of amides is 1. The first-order valence-corrected chi connectivity index (χ1v) is 21.2. The second kappa shape index (κ2) is 38.1. The van der Waals surface area contributed by atoms with Crippen molar-refractivity contribution in [1.29, 1.82) is 0 Å². The van der Waals surface area contributed by atoms with Crippen molar-refractivity contribution in [3.05, 3.63) is 24.3 Å². The zero-order valence-electron chi connectivity index (χ0n) is 32.7. The maximum atomic E-state index is 12.7. The number of ether oxygens (including phenoxy) is 1. The van der Waals surface area contributed by atoms with Gasteiger partial charge in [0.15, 0.2) is 0 Å². The molecular weight excluding hydrogens is 624 g/mol. The van der Waals surface area contributed by atoms with Crippen LogP contribution in [0.2, 0.25) is 0 Å². The van der Waals surface area contributed by atoms with Crippen molar-refractivity contribution in [2.45, 2.75) is 225 Å². The van der Waals surface area contributed by atoms with E-state index in [1.54, 1.807) is 0 Å². The normalized spacial score (nSPS) is 12.9. The van der Waals surface area contributed by atoms with E-state index in [1.807, 2.05) is 0 Å². The number of carbonyl (C=O) groups is 3. The molecule has 0 fully saturated rings. The molecule has 0 bridgehead atoms. The fraction of sp³-hybridized carbons (Fsp3) is 0.837. The molecule has 7 heteroatoms. The molecule has 0 aliphatic heterocycles. The van der Waals surface area contributed by atoms with E-state index in [4.69, 9.17) is 10.5 Å². The molecule has 0 saturated heterocycles. The molecule has 0 spiro atoms. The number of rotatable bonds is 38. The molecule has 0 aromatic rings. The SMILES string of the molecule is CCCCCC/C=C\C(CCCCCCC(=O)NC(CCCN)C(=O)O)OC(=O)CCCCCCCCCCC/C=C\CCCCCCCC. The summed E-state index contributed by atoms with van der Waals surface area (Å²) in [6.45, 7) is 4.89. The maximum absolute atomic E-state index is 12.7. The van der Waals surface area contributed by atoms with Crippen LogP contribution in [-0.4, -0.2) is 41.6 Å². The molecule has 0 rings (SSSR count). The predicted molar refractivity (Wildman–Crippen MR) is 211 cm³/mol. The first kappa shape index (κ1) is 47.8. The largest absolute Gasteiger partial charge is 0.480 e. The van der Waals surface area contributed by atoms with Gasteiger partial charge in [0.2, 0.25) is 5.91 Å². The number of hydrogen-bond donors (Lipinski definition) is 3. The van der Waals surface area contributed by atoms with E-state index < -0.39 is 12.0 Å². The Morgan fingerprint density at radius 1 is 0.580 bits per heavy atom. The maximum Gasteiger partial charge on any atom is 0.326 e. The van der Waals surface area contributed by atoms with Gasteiger partial charge in [-0.3, -0.25) is 9.59 Å². The van der Waals surface area contributed by atoms with E-state index in [0.717, 1.165) is 44.9 Å². The van der Waals surface area contributed by atoms with Gasteiger partial charge in [0.25, 0.3) is 0 Å². The van der Waals surface area contributed by atoms with Gasteiger partial charge >= 0.3 is 11.9 Å². The summed E-state index contributed by atoms with van der Waals surface area (Å²) in [6.07, 6.45) is 42.5. The first-order valence-electron chi connectivity index (χ1n) is 21.2. The molecule has 0 aromatic heterocycles. The van der Waals surface area contributed by atoms with Crippen molar-refractivity contribution in [2.24, 2.45) is 5.73 Å². The van der Waals surface area contributed by atoms with Gasteiger partial charge in [-0.25, -0.2) is 4.79 Å². The Kier molecular flexibility index (Phi) is 36.5. The van der Waals surface area contributed by atoms with E-state index in [9.17, 15) is 19.5 Å². The summed E-state index contributed by atoms with van der Waals surface area (Å²) in [5, 5.41) is 11.9. The van der Waals surface area contributed by atoms with Gasteiger partial charge in [-0.05, 0) is 89.7 Å². The van der Waals surface area contributed by atoms with Gasteiger partial charge in [0, 0.05) is 12.8 Å². The van der Waals surface area contributed by atoms with Crippen molar-refractivity contribution in [3.63, 3.8) is 0 Å². The van der Waals surface area contributed by atoms with Gasteiger partial charge < -0.3 is 20.9 Å². The number of carboxylic acids is 1. The number of hydrogen-bond acceptors (Lipinski definition) is 5. The van der Waals surface area contributed by atoms with Crippen LogP contribution >= 0.6 is 0 Å². The van der Waals surface area contributed by atoms with E-state index in [-0.39, 0.29) is 18.0 Å². The Bertz CT molecular complexity index is 843. The Labute approximate surface area is 308 Å². The molecule has 0 aliphatic carbocycles. The van der Waals surface area contributed by atoms with Crippen LogP contribution in [0.25, 0.3) is 0 Å². The van der Waals surface area contributed by atoms with Crippen LogP contribution < -0.4 is 11.1 Å². The van der Waals surface area contributed by atoms with Crippen LogP contribution in [0.1, 0.15) is 213 Å². The highest BCUT2D eigenvalue weighted by molar-refractivity contribution is 5.83. The second-order valence-electron chi connectivity index (χ2n) is 14.4. The molecule has 0 saturated carbocycles. The monoisotopic (exact) mass is 705 g/mol. The minimum Gasteiger partial charge on any atom is -0.480 e. The fourth-order valence-corrected chi connectivity index (χ4v) is 6.24. The molecule has 4 N–H and O–H groups in total. The van der Waals surface area contributed by atoms with E-state index in [2.05, 4.69) is 43.5 Å². The summed E-state index contributed by atoms with van der Waals surface area (Å²) >= 11 is 0. The van der Waals surface area contributed by atoms with Crippen molar-refractivity contribution in [3.8, 4) is 0 Å². The van der Waals surface area contributed by atoms with Crippen molar-refractivity contribution < 1.29 is 24.2 Å². The topological polar surface area (TPSA) is 119 Å².